The molecule has 0 heterocycles. The van der Waals surface area contributed by atoms with Crippen LogP contribution in [-0.2, 0) is 12.8 Å². The van der Waals surface area contributed by atoms with E-state index in [0.717, 1.165) is 32.1 Å². The first kappa shape index (κ1) is 30.3. The Labute approximate surface area is 279 Å². The van der Waals surface area contributed by atoms with Crippen LogP contribution in [0, 0.1) is 6.92 Å². The second-order valence-corrected chi connectivity index (χ2v) is 12.4. The summed E-state index contributed by atoms with van der Waals surface area (Å²) in [7, 11) is 0. The van der Waals surface area contributed by atoms with Crippen LogP contribution in [-0.4, -0.2) is 0 Å². The standard InChI is InChI=1S/C39H33N.C7H8/c1-2-8-18-31(19-9-3-1)40(32-20-10-5-11-21-32)39-28-38-34-23-13-12-22-33(34)30(26-29-16-6-4-7-17-29)27-37(38)35-24-14-15-25-36(35)39;1-7-5-3-2-4-6-7/h2,4-14,16-24,27-28H,1,3,15,25-26H2;2-6H,1H3/b8-2+,19-9-,31-18+;. The third-order valence-electron chi connectivity index (χ3n) is 9.11. The maximum atomic E-state index is 2.47. The van der Waals surface area contributed by atoms with Crippen LogP contribution in [0.15, 0.2) is 170 Å². The molecule has 0 atom stereocenters. The average molecular weight is 608 g/mol. The monoisotopic (exact) mass is 607 g/mol. The number of aryl methyl sites for hydroxylation is 1. The van der Waals surface area contributed by atoms with Crippen molar-refractivity contribution < 1.29 is 0 Å². The van der Waals surface area contributed by atoms with Crippen molar-refractivity contribution in [2.75, 3.05) is 4.90 Å². The number of rotatable bonds is 5. The normalized spacial score (nSPS) is 16.1. The molecule has 230 valence electrons. The first-order valence-electron chi connectivity index (χ1n) is 16.9. The smallest absolute Gasteiger partial charge is 0.0506 e. The Morgan fingerprint density at radius 3 is 1.98 bits per heavy atom. The summed E-state index contributed by atoms with van der Waals surface area (Å²) in [5.74, 6) is 0. The molecule has 0 bridgehead atoms. The van der Waals surface area contributed by atoms with Gasteiger partial charge in [-0.15, -0.1) is 0 Å². The lowest BCUT2D eigenvalue weighted by Crippen LogP contribution is -2.18. The molecule has 0 unspecified atom stereocenters. The molecule has 0 aromatic heterocycles. The van der Waals surface area contributed by atoms with Gasteiger partial charge in [0.25, 0.3) is 0 Å². The SMILES string of the molecule is C1=Cc2c(c(N(C3=C/C=C/CC/C=C\3)c3ccccc3)cc3c2cc(Cc2ccccc2)c2ccccc23)CC1.Cc1ccccc1. The molecular weight excluding hydrogens is 567 g/mol. The Bertz CT molecular complexity index is 2100. The summed E-state index contributed by atoms with van der Waals surface area (Å²) in [4.78, 5) is 2.47. The summed E-state index contributed by atoms with van der Waals surface area (Å²) in [5, 5.41) is 5.34. The summed E-state index contributed by atoms with van der Waals surface area (Å²) in [6, 6.07) is 45.8. The van der Waals surface area contributed by atoms with E-state index in [1.54, 1.807) is 0 Å². The zero-order chi connectivity index (χ0) is 31.8. The Hall–Kier alpha value is -5.40. The van der Waals surface area contributed by atoms with Gasteiger partial charge in [0.2, 0.25) is 0 Å². The van der Waals surface area contributed by atoms with E-state index in [9.17, 15) is 0 Å². The number of benzene rings is 6. The zero-order valence-electron chi connectivity index (χ0n) is 27.1. The predicted molar refractivity (Wildman–Crippen MR) is 203 cm³/mol. The lowest BCUT2D eigenvalue weighted by molar-refractivity contribution is 0.978. The molecule has 8 rings (SSSR count). The second kappa shape index (κ2) is 14.4. The van der Waals surface area contributed by atoms with E-state index in [0.29, 0.717) is 0 Å². The van der Waals surface area contributed by atoms with E-state index in [1.807, 2.05) is 18.2 Å². The van der Waals surface area contributed by atoms with Gasteiger partial charge < -0.3 is 4.90 Å². The molecule has 0 radical (unpaired) electrons. The Morgan fingerprint density at radius 2 is 1.23 bits per heavy atom. The summed E-state index contributed by atoms with van der Waals surface area (Å²) in [6.07, 6.45) is 21.2. The van der Waals surface area contributed by atoms with Crippen molar-refractivity contribution in [3.63, 3.8) is 0 Å². The lowest BCUT2D eigenvalue weighted by Gasteiger charge is -2.31. The number of hydrogen-bond donors (Lipinski definition) is 0. The molecule has 0 spiro atoms. The second-order valence-electron chi connectivity index (χ2n) is 12.4. The fourth-order valence-electron chi connectivity index (χ4n) is 6.82. The van der Waals surface area contributed by atoms with Crippen molar-refractivity contribution in [3.05, 3.63) is 197 Å². The minimum absolute atomic E-state index is 0.928. The molecule has 6 aromatic carbocycles. The van der Waals surface area contributed by atoms with E-state index in [-0.39, 0.29) is 0 Å². The van der Waals surface area contributed by atoms with Crippen molar-refractivity contribution in [2.24, 2.45) is 0 Å². The van der Waals surface area contributed by atoms with Gasteiger partial charge >= 0.3 is 0 Å². The van der Waals surface area contributed by atoms with Crippen LogP contribution in [0.2, 0.25) is 0 Å². The van der Waals surface area contributed by atoms with E-state index in [2.05, 4.69) is 164 Å². The minimum atomic E-state index is 0.928. The van der Waals surface area contributed by atoms with Crippen LogP contribution in [0.5, 0.6) is 0 Å². The zero-order valence-corrected chi connectivity index (χ0v) is 27.1. The summed E-state index contributed by atoms with van der Waals surface area (Å²) >= 11 is 0. The number of allylic oxidation sites excluding steroid dienone is 6. The fraction of sp³-hybridized carbons (Fsp3) is 0.130. The predicted octanol–water partition coefficient (Wildman–Crippen LogP) is 12.5. The molecule has 0 N–H and O–H groups in total. The molecule has 6 aromatic rings. The van der Waals surface area contributed by atoms with E-state index in [4.69, 9.17) is 0 Å². The number of anilines is 2. The molecule has 0 fully saturated rings. The summed E-state index contributed by atoms with van der Waals surface area (Å²) < 4.78 is 0. The van der Waals surface area contributed by atoms with Crippen LogP contribution < -0.4 is 4.90 Å². The van der Waals surface area contributed by atoms with E-state index < -0.39 is 0 Å². The Balaban J connectivity index is 0.000000447. The van der Waals surface area contributed by atoms with E-state index >= 15 is 0 Å². The first-order chi connectivity index (χ1) is 23.3. The van der Waals surface area contributed by atoms with Gasteiger partial charge in [0.15, 0.2) is 0 Å². The molecule has 2 aliphatic rings. The third kappa shape index (κ3) is 6.76. The number of nitrogens with zero attached hydrogens (tertiary/aromatic N) is 1. The van der Waals surface area contributed by atoms with Gasteiger partial charge in [-0.1, -0.05) is 139 Å². The third-order valence-corrected chi connectivity index (χ3v) is 9.11. The maximum Gasteiger partial charge on any atom is 0.0506 e. The highest BCUT2D eigenvalue weighted by Gasteiger charge is 2.23. The minimum Gasteiger partial charge on any atom is -0.310 e. The van der Waals surface area contributed by atoms with Gasteiger partial charge in [0, 0.05) is 11.4 Å². The van der Waals surface area contributed by atoms with Crippen LogP contribution in [0.4, 0.5) is 11.4 Å². The topological polar surface area (TPSA) is 3.24 Å². The summed E-state index contributed by atoms with van der Waals surface area (Å²) in [6.45, 7) is 2.08. The van der Waals surface area contributed by atoms with Crippen molar-refractivity contribution in [3.8, 4) is 0 Å². The molecule has 0 amide bonds. The van der Waals surface area contributed by atoms with Crippen molar-refractivity contribution >= 4 is 39.0 Å². The molecule has 1 heteroatoms. The first-order valence-corrected chi connectivity index (χ1v) is 16.9. The number of fused-ring (bicyclic) bond motifs is 5. The maximum absolute atomic E-state index is 2.47. The van der Waals surface area contributed by atoms with Crippen LogP contribution in [0.3, 0.4) is 0 Å². The highest BCUT2D eigenvalue weighted by molar-refractivity contribution is 6.13. The van der Waals surface area contributed by atoms with Crippen LogP contribution in [0.1, 0.15) is 47.1 Å². The number of hydrogen-bond acceptors (Lipinski definition) is 1. The lowest BCUT2D eigenvalue weighted by atomic mass is 9.85. The molecule has 1 nitrogen and oxygen atoms in total. The average Bonchev–Trinajstić information content (AvgIpc) is 3.11. The van der Waals surface area contributed by atoms with Crippen LogP contribution in [0.25, 0.3) is 27.6 Å². The van der Waals surface area contributed by atoms with Gasteiger partial charge in [0.05, 0.1) is 5.69 Å². The van der Waals surface area contributed by atoms with Crippen molar-refractivity contribution in [1.29, 1.82) is 0 Å². The largest absolute Gasteiger partial charge is 0.310 e. The van der Waals surface area contributed by atoms with Gasteiger partial charge in [-0.05, 0) is 119 Å². The van der Waals surface area contributed by atoms with Gasteiger partial charge in [-0.3, -0.25) is 0 Å². The van der Waals surface area contributed by atoms with Gasteiger partial charge in [-0.2, -0.15) is 0 Å². The summed E-state index contributed by atoms with van der Waals surface area (Å²) in [5.41, 5.74) is 10.5. The fourth-order valence-corrected chi connectivity index (χ4v) is 6.82. The molecule has 2 aliphatic carbocycles. The van der Waals surface area contributed by atoms with Gasteiger partial charge in [0.1, 0.15) is 0 Å². The Morgan fingerprint density at radius 1 is 0.574 bits per heavy atom. The van der Waals surface area contributed by atoms with E-state index in [1.165, 1.54) is 66.4 Å². The van der Waals surface area contributed by atoms with Crippen molar-refractivity contribution in [1.82, 2.24) is 0 Å². The molecule has 0 saturated carbocycles. The molecule has 47 heavy (non-hydrogen) atoms. The highest BCUT2D eigenvalue weighted by atomic mass is 15.1. The number of para-hydroxylation sites is 1. The molecule has 0 saturated heterocycles. The highest BCUT2D eigenvalue weighted by Crippen LogP contribution is 2.43. The quantitative estimate of drug-likeness (QED) is 0.176. The van der Waals surface area contributed by atoms with Crippen LogP contribution >= 0.6 is 0 Å². The molecular formula is C46H41N. The van der Waals surface area contributed by atoms with Crippen molar-refractivity contribution in [2.45, 2.75) is 39.0 Å². The van der Waals surface area contributed by atoms with Gasteiger partial charge in [-0.25, -0.2) is 0 Å². The Kier molecular flexibility index (Phi) is 9.24. The molecule has 0 aliphatic heterocycles.